The number of halogens is 2. The van der Waals surface area contributed by atoms with Gasteiger partial charge in [0, 0.05) is 5.92 Å². The smallest absolute Gasteiger partial charge is 0.405 e. The predicted octanol–water partition coefficient (Wildman–Crippen LogP) is 4.94. The lowest BCUT2D eigenvalue weighted by Crippen LogP contribution is -2.31. The number of carbonyl (C=O) groups is 2. The molecule has 0 aromatic heterocycles. The molecule has 1 aliphatic rings. The van der Waals surface area contributed by atoms with Crippen LogP contribution in [0.4, 0.5) is 4.79 Å². The summed E-state index contributed by atoms with van der Waals surface area (Å²) < 4.78 is 4.73. The van der Waals surface area contributed by atoms with E-state index in [1.807, 2.05) is 30.3 Å². The van der Waals surface area contributed by atoms with E-state index in [1.54, 1.807) is 6.07 Å². The molecule has 5 nitrogen and oxygen atoms in total. The van der Waals surface area contributed by atoms with Crippen LogP contribution in [-0.4, -0.2) is 24.3 Å². The number of rotatable bonds is 4. The van der Waals surface area contributed by atoms with E-state index in [4.69, 9.17) is 27.9 Å². The van der Waals surface area contributed by atoms with Gasteiger partial charge in [-0.25, -0.2) is 4.79 Å². The zero-order chi connectivity index (χ0) is 19.6. The van der Waals surface area contributed by atoms with Crippen molar-refractivity contribution in [2.75, 3.05) is 7.11 Å². The number of hydrogen-bond acceptors (Lipinski definition) is 3. The summed E-state index contributed by atoms with van der Waals surface area (Å²) in [6.07, 6.45) is 0.483. The van der Waals surface area contributed by atoms with Crippen molar-refractivity contribution >= 4 is 35.3 Å². The Hall–Kier alpha value is -2.24. The summed E-state index contributed by atoms with van der Waals surface area (Å²) in [5.74, 6) is -0.261. The Bertz CT molecular complexity index is 884. The molecule has 0 aliphatic heterocycles. The predicted molar refractivity (Wildman–Crippen MR) is 104 cm³/mol. The van der Waals surface area contributed by atoms with Crippen molar-refractivity contribution in [2.45, 2.75) is 31.2 Å². The van der Waals surface area contributed by atoms with E-state index in [-0.39, 0.29) is 24.3 Å². The second-order valence-electron chi connectivity index (χ2n) is 6.52. The number of esters is 1. The molecule has 0 saturated heterocycles. The van der Waals surface area contributed by atoms with Crippen LogP contribution in [0.25, 0.3) is 0 Å². The quantitative estimate of drug-likeness (QED) is 0.703. The van der Waals surface area contributed by atoms with E-state index >= 15 is 0 Å². The summed E-state index contributed by atoms with van der Waals surface area (Å²) in [7, 11) is 1.34. The Kier molecular flexibility index (Phi) is 5.92. The van der Waals surface area contributed by atoms with E-state index in [0.29, 0.717) is 16.5 Å². The Morgan fingerprint density at radius 1 is 1.11 bits per heavy atom. The highest BCUT2D eigenvalue weighted by Gasteiger charge is 2.30. The molecule has 0 saturated carbocycles. The van der Waals surface area contributed by atoms with Crippen molar-refractivity contribution in [3.8, 4) is 0 Å². The molecule has 2 aromatic carbocycles. The first-order valence-electron chi connectivity index (χ1n) is 8.53. The Balaban J connectivity index is 2.02. The number of nitrogens with one attached hydrogen (secondary N) is 1. The molecule has 27 heavy (non-hydrogen) atoms. The van der Waals surface area contributed by atoms with Crippen LogP contribution in [0.1, 0.15) is 47.1 Å². The zero-order valence-electron chi connectivity index (χ0n) is 14.7. The first-order valence-corrected chi connectivity index (χ1v) is 9.28. The fourth-order valence-corrected chi connectivity index (χ4v) is 3.92. The van der Waals surface area contributed by atoms with Crippen molar-refractivity contribution in [2.24, 2.45) is 0 Å². The lowest BCUT2D eigenvalue weighted by atomic mass is 9.76. The van der Waals surface area contributed by atoms with Crippen molar-refractivity contribution in [1.82, 2.24) is 5.32 Å². The normalized spacial score (nSPS) is 18.5. The van der Waals surface area contributed by atoms with Crippen LogP contribution >= 0.6 is 23.2 Å². The minimum atomic E-state index is -1.07. The topological polar surface area (TPSA) is 75.6 Å². The Morgan fingerprint density at radius 2 is 1.89 bits per heavy atom. The molecule has 2 aromatic rings. The van der Waals surface area contributed by atoms with Crippen LogP contribution in [0.3, 0.4) is 0 Å². The third kappa shape index (κ3) is 4.37. The largest absolute Gasteiger partial charge is 0.469 e. The molecule has 0 radical (unpaired) electrons. The van der Waals surface area contributed by atoms with Gasteiger partial charge in [-0.3, -0.25) is 4.79 Å². The second-order valence-corrected chi connectivity index (χ2v) is 7.34. The average molecular weight is 408 g/mol. The molecular formula is C20H19Cl2NO4. The van der Waals surface area contributed by atoms with Gasteiger partial charge in [-0.1, -0.05) is 47.5 Å². The molecule has 3 rings (SSSR count). The highest BCUT2D eigenvalue weighted by Crippen LogP contribution is 2.42. The molecule has 0 fully saturated rings. The molecule has 0 unspecified atom stereocenters. The minimum Gasteiger partial charge on any atom is -0.469 e. The summed E-state index contributed by atoms with van der Waals surface area (Å²) in [6, 6.07) is 11.0. The van der Waals surface area contributed by atoms with Crippen LogP contribution < -0.4 is 5.32 Å². The standard InChI is InChI=1S/C20H19Cl2NO4/c1-27-19(24)9-11-2-4-14-13(12-3-6-16(21)17(22)10-12)5-7-18(15(14)8-11)23-20(25)26/h2-4,6,8,10,13,18,23H,5,7,9H2,1H3,(H,25,26)/t13-,18-/m0/s1. The van der Waals surface area contributed by atoms with Gasteiger partial charge in [0.1, 0.15) is 0 Å². The van der Waals surface area contributed by atoms with E-state index in [1.165, 1.54) is 7.11 Å². The van der Waals surface area contributed by atoms with E-state index in [0.717, 1.165) is 28.7 Å². The number of ether oxygens (including phenoxy) is 1. The van der Waals surface area contributed by atoms with Gasteiger partial charge in [0.15, 0.2) is 0 Å². The second kappa shape index (κ2) is 8.19. The molecule has 1 aliphatic carbocycles. The molecule has 0 spiro atoms. The van der Waals surface area contributed by atoms with Crippen molar-refractivity contribution < 1.29 is 19.4 Å². The minimum absolute atomic E-state index is 0.0776. The van der Waals surface area contributed by atoms with Crippen LogP contribution in [0.15, 0.2) is 36.4 Å². The fraction of sp³-hybridized carbons (Fsp3) is 0.300. The monoisotopic (exact) mass is 407 g/mol. The number of hydrogen-bond donors (Lipinski definition) is 2. The summed E-state index contributed by atoms with van der Waals surface area (Å²) in [5, 5.41) is 12.7. The van der Waals surface area contributed by atoms with E-state index in [2.05, 4.69) is 5.32 Å². The van der Waals surface area contributed by atoms with Gasteiger partial charge < -0.3 is 15.2 Å². The Morgan fingerprint density at radius 3 is 2.56 bits per heavy atom. The number of amides is 1. The first kappa shape index (κ1) is 19.5. The fourth-order valence-electron chi connectivity index (χ4n) is 3.61. The van der Waals surface area contributed by atoms with Gasteiger partial charge >= 0.3 is 12.1 Å². The van der Waals surface area contributed by atoms with Crippen LogP contribution in [0, 0.1) is 0 Å². The van der Waals surface area contributed by atoms with E-state index < -0.39 is 6.09 Å². The summed E-state index contributed by atoms with van der Waals surface area (Å²) in [4.78, 5) is 22.8. The number of carbonyl (C=O) groups excluding carboxylic acids is 1. The third-order valence-electron chi connectivity index (χ3n) is 4.87. The number of fused-ring (bicyclic) bond motifs is 1. The van der Waals surface area contributed by atoms with Gasteiger partial charge in [0.25, 0.3) is 0 Å². The summed E-state index contributed by atoms with van der Waals surface area (Å²) in [6.45, 7) is 0. The summed E-state index contributed by atoms with van der Waals surface area (Å²) in [5.41, 5.74) is 3.71. The maximum atomic E-state index is 11.6. The number of benzene rings is 2. The number of carboxylic acid groups (broad SMARTS) is 1. The van der Waals surface area contributed by atoms with E-state index in [9.17, 15) is 14.7 Å². The maximum absolute atomic E-state index is 11.6. The van der Waals surface area contributed by atoms with Crippen LogP contribution in [0.2, 0.25) is 10.0 Å². The highest BCUT2D eigenvalue weighted by molar-refractivity contribution is 6.42. The van der Waals surface area contributed by atoms with Gasteiger partial charge in [0.2, 0.25) is 0 Å². The maximum Gasteiger partial charge on any atom is 0.405 e. The third-order valence-corrected chi connectivity index (χ3v) is 5.60. The Labute approximate surface area is 167 Å². The molecule has 2 N–H and O–H groups in total. The highest BCUT2D eigenvalue weighted by atomic mass is 35.5. The SMILES string of the molecule is COC(=O)Cc1ccc2c(c1)[C@@H](NC(=O)O)CC[C@H]2c1ccc(Cl)c(Cl)c1. The lowest BCUT2D eigenvalue weighted by Gasteiger charge is -2.32. The molecule has 142 valence electrons. The van der Waals surface area contributed by atoms with Crippen molar-refractivity contribution in [3.63, 3.8) is 0 Å². The molecular weight excluding hydrogens is 389 g/mol. The van der Waals surface area contributed by atoms with Gasteiger partial charge in [0.05, 0.1) is 29.6 Å². The zero-order valence-corrected chi connectivity index (χ0v) is 16.2. The molecule has 7 heteroatoms. The molecule has 2 atom stereocenters. The first-order chi connectivity index (χ1) is 12.9. The van der Waals surface area contributed by atoms with Gasteiger partial charge in [-0.05, 0) is 47.2 Å². The van der Waals surface area contributed by atoms with Crippen molar-refractivity contribution in [1.29, 1.82) is 0 Å². The van der Waals surface area contributed by atoms with Crippen LogP contribution in [-0.2, 0) is 16.0 Å². The average Bonchev–Trinajstić information content (AvgIpc) is 2.64. The van der Waals surface area contributed by atoms with Gasteiger partial charge in [-0.2, -0.15) is 0 Å². The molecule has 1 amide bonds. The van der Waals surface area contributed by atoms with Gasteiger partial charge in [-0.15, -0.1) is 0 Å². The molecule has 0 heterocycles. The van der Waals surface area contributed by atoms with Crippen LogP contribution in [0.5, 0.6) is 0 Å². The van der Waals surface area contributed by atoms with Crippen molar-refractivity contribution in [3.05, 3.63) is 68.7 Å². The number of methoxy groups -OCH3 is 1. The summed E-state index contributed by atoms with van der Waals surface area (Å²) >= 11 is 12.2. The lowest BCUT2D eigenvalue weighted by molar-refractivity contribution is -0.139. The molecule has 0 bridgehead atoms.